The second-order valence-corrected chi connectivity index (χ2v) is 8.29. The van der Waals surface area contributed by atoms with Crippen molar-refractivity contribution in [1.29, 1.82) is 0 Å². The third-order valence-electron chi connectivity index (χ3n) is 5.26. The zero-order valence-electron chi connectivity index (χ0n) is 15.8. The molecule has 1 aliphatic carbocycles. The molecule has 0 aromatic carbocycles. The first-order valence-corrected chi connectivity index (χ1v) is 10.8. The van der Waals surface area contributed by atoms with Crippen LogP contribution in [0.4, 0.5) is 5.00 Å². The molecule has 144 valence electrons. The van der Waals surface area contributed by atoms with Gasteiger partial charge in [-0.05, 0) is 64.1 Å². The van der Waals surface area contributed by atoms with Gasteiger partial charge in [-0.15, -0.1) is 11.3 Å². The summed E-state index contributed by atoms with van der Waals surface area (Å²) in [5, 5.41) is 3.71. The Morgan fingerprint density at radius 2 is 1.81 bits per heavy atom. The number of nitrogens with zero attached hydrogens (tertiary/aromatic N) is 1. The van der Waals surface area contributed by atoms with Gasteiger partial charge in [-0.1, -0.05) is 12.8 Å². The molecule has 2 aliphatic rings. The summed E-state index contributed by atoms with van der Waals surface area (Å²) >= 11 is 1.56. The van der Waals surface area contributed by atoms with E-state index in [-0.39, 0.29) is 11.9 Å². The number of thiophene rings is 1. The number of amides is 1. The smallest absolute Gasteiger partial charge is 0.341 e. The van der Waals surface area contributed by atoms with Crippen LogP contribution in [0.2, 0.25) is 0 Å². The van der Waals surface area contributed by atoms with Crippen molar-refractivity contribution in [2.24, 2.45) is 0 Å². The van der Waals surface area contributed by atoms with E-state index in [9.17, 15) is 9.59 Å². The minimum absolute atomic E-state index is 0.00149. The highest BCUT2D eigenvalue weighted by Gasteiger charge is 2.27. The summed E-state index contributed by atoms with van der Waals surface area (Å²) in [6, 6.07) is 0. The summed E-state index contributed by atoms with van der Waals surface area (Å²) in [6.07, 6.45) is 9.68. The van der Waals surface area contributed by atoms with Gasteiger partial charge in [0.15, 0.2) is 0 Å². The SMILES string of the molecule is CCOC(=O)c1c(NC(=O)CCN2CCCCCC2)sc2c1CCCC2. The molecule has 26 heavy (non-hydrogen) atoms. The van der Waals surface area contributed by atoms with Crippen molar-refractivity contribution in [3.05, 3.63) is 16.0 Å². The third kappa shape index (κ3) is 4.86. The monoisotopic (exact) mass is 378 g/mol. The van der Waals surface area contributed by atoms with Gasteiger partial charge in [-0.2, -0.15) is 0 Å². The molecule has 0 atom stereocenters. The number of esters is 1. The number of hydrogen-bond acceptors (Lipinski definition) is 5. The number of nitrogens with one attached hydrogen (secondary N) is 1. The standard InChI is InChI=1S/C20H30N2O3S/c1-2-25-20(24)18-15-9-5-6-10-16(15)26-19(18)21-17(23)11-14-22-12-7-3-4-8-13-22/h2-14H2,1H3,(H,21,23). The van der Waals surface area contributed by atoms with E-state index in [1.54, 1.807) is 11.3 Å². The summed E-state index contributed by atoms with van der Waals surface area (Å²) in [5.41, 5.74) is 1.71. The summed E-state index contributed by atoms with van der Waals surface area (Å²) < 4.78 is 5.25. The van der Waals surface area contributed by atoms with E-state index in [0.29, 0.717) is 23.6 Å². The van der Waals surface area contributed by atoms with Crippen LogP contribution in [0.3, 0.4) is 0 Å². The molecule has 0 bridgehead atoms. The first kappa shape index (κ1) is 19.4. The maximum absolute atomic E-state index is 12.5. The molecule has 2 heterocycles. The second-order valence-electron chi connectivity index (χ2n) is 7.19. The van der Waals surface area contributed by atoms with E-state index in [2.05, 4.69) is 10.2 Å². The maximum atomic E-state index is 12.5. The minimum Gasteiger partial charge on any atom is -0.462 e. The average molecular weight is 379 g/mol. The Morgan fingerprint density at radius 3 is 2.54 bits per heavy atom. The highest BCUT2D eigenvalue weighted by Crippen LogP contribution is 2.38. The third-order valence-corrected chi connectivity index (χ3v) is 6.46. The molecule has 0 spiro atoms. The number of likely N-dealkylation sites (tertiary alicyclic amines) is 1. The summed E-state index contributed by atoms with van der Waals surface area (Å²) in [6.45, 7) is 5.15. The topological polar surface area (TPSA) is 58.6 Å². The lowest BCUT2D eigenvalue weighted by Gasteiger charge is -2.19. The summed E-state index contributed by atoms with van der Waals surface area (Å²) in [7, 11) is 0. The number of carbonyl (C=O) groups excluding carboxylic acids is 2. The Kier molecular flexibility index (Phi) is 7.08. The van der Waals surface area contributed by atoms with Crippen molar-refractivity contribution in [2.75, 3.05) is 31.6 Å². The van der Waals surface area contributed by atoms with Crippen LogP contribution in [-0.2, 0) is 22.4 Å². The fourth-order valence-electron chi connectivity index (χ4n) is 3.88. The number of carbonyl (C=O) groups is 2. The van der Waals surface area contributed by atoms with Gasteiger partial charge >= 0.3 is 5.97 Å². The molecule has 0 radical (unpaired) electrons. The van der Waals surface area contributed by atoms with E-state index in [1.165, 1.54) is 30.6 Å². The van der Waals surface area contributed by atoms with Crippen LogP contribution in [0.15, 0.2) is 0 Å². The van der Waals surface area contributed by atoms with Gasteiger partial charge in [0.1, 0.15) is 5.00 Å². The normalized spacial score (nSPS) is 18.0. The Labute approximate surface area is 160 Å². The van der Waals surface area contributed by atoms with Crippen molar-refractivity contribution in [3.63, 3.8) is 0 Å². The van der Waals surface area contributed by atoms with Gasteiger partial charge in [-0.3, -0.25) is 4.79 Å². The van der Waals surface area contributed by atoms with Crippen molar-refractivity contribution >= 4 is 28.2 Å². The van der Waals surface area contributed by atoms with Gasteiger partial charge < -0.3 is 15.0 Å². The van der Waals surface area contributed by atoms with Crippen LogP contribution in [0.25, 0.3) is 0 Å². The predicted molar refractivity (Wildman–Crippen MR) is 105 cm³/mol. The van der Waals surface area contributed by atoms with Gasteiger partial charge in [0.05, 0.1) is 12.2 Å². The quantitative estimate of drug-likeness (QED) is 0.760. The molecule has 0 unspecified atom stereocenters. The molecule has 1 aliphatic heterocycles. The summed E-state index contributed by atoms with van der Waals surface area (Å²) in [4.78, 5) is 28.6. The highest BCUT2D eigenvalue weighted by molar-refractivity contribution is 7.17. The van der Waals surface area contributed by atoms with Crippen LogP contribution in [0.1, 0.15) is 72.7 Å². The molecule has 0 saturated carbocycles. The van der Waals surface area contributed by atoms with Crippen molar-refractivity contribution in [2.45, 2.75) is 64.7 Å². The number of fused-ring (bicyclic) bond motifs is 1. The van der Waals surface area contributed by atoms with E-state index in [0.717, 1.165) is 50.9 Å². The minimum atomic E-state index is -0.297. The van der Waals surface area contributed by atoms with Crippen LogP contribution in [0, 0.1) is 0 Å². The lowest BCUT2D eigenvalue weighted by atomic mass is 9.95. The number of hydrogen-bond donors (Lipinski definition) is 1. The Hall–Kier alpha value is -1.40. The largest absolute Gasteiger partial charge is 0.462 e. The zero-order chi connectivity index (χ0) is 18.4. The van der Waals surface area contributed by atoms with Crippen LogP contribution < -0.4 is 5.32 Å². The molecule has 1 saturated heterocycles. The fraction of sp³-hybridized carbons (Fsp3) is 0.700. The first-order valence-electron chi connectivity index (χ1n) is 10.0. The second kappa shape index (κ2) is 9.51. The van der Waals surface area contributed by atoms with Crippen molar-refractivity contribution in [3.8, 4) is 0 Å². The first-order chi connectivity index (χ1) is 12.7. The maximum Gasteiger partial charge on any atom is 0.341 e. The molecule has 1 N–H and O–H groups in total. The van der Waals surface area contributed by atoms with Crippen LogP contribution >= 0.6 is 11.3 Å². The Bertz CT molecular complexity index is 633. The van der Waals surface area contributed by atoms with Gasteiger partial charge in [0, 0.05) is 17.8 Å². The lowest BCUT2D eigenvalue weighted by molar-refractivity contribution is -0.116. The van der Waals surface area contributed by atoms with Crippen LogP contribution in [-0.4, -0.2) is 43.0 Å². The highest BCUT2D eigenvalue weighted by atomic mass is 32.1. The molecular weight excluding hydrogens is 348 g/mol. The molecule has 6 heteroatoms. The number of ether oxygens (including phenoxy) is 1. The molecular formula is C20H30N2O3S. The Morgan fingerprint density at radius 1 is 1.08 bits per heavy atom. The molecule has 1 amide bonds. The van der Waals surface area contributed by atoms with Crippen molar-refractivity contribution in [1.82, 2.24) is 4.90 Å². The predicted octanol–water partition coefficient (Wildman–Crippen LogP) is 4.01. The molecule has 5 nitrogen and oxygen atoms in total. The van der Waals surface area contributed by atoms with Gasteiger partial charge in [0.25, 0.3) is 0 Å². The average Bonchev–Trinajstić information content (AvgIpc) is 2.79. The molecule has 1 aromatic heterocycles. The number of rotatable bonds is 6. The van der Waals surface area contributed by atoms with E-state index in [1.807, 2.05) is 6.92 Å². The summed E-state index contributed by atoms with van der Waals surface area (Å²) in [5.74, 6) is -0.298. The zero-order valence-corrected chi connectivity index (χ0v) is 16.6. The Balaban J connectivity index is 1.65. The molecule has 3 rings (SSSR count). The number of aryl methyl sites for hydroxylation is 1. The van der Waals surface area contributed by atoms with Crippen LogP contribution in [0.5, 0.6) is 0 Å². The molecule has 1 fully saturated rings. The van der Waals surface area contributed by atoms with Crippen molar-refractivity contribution < 1.29 is 14.3 Å². The van der Waals surface area contributed by atoms with Gasteiger partial charge in [0.2, 0.25) is 5.91 Å². The lowest BCUT2D eigenvalue weighted by Crippen LogP contribution is -2.28. The van der Waals surface area contributed by atoms with E-state index < -0.39 is 0 Å². The van der Waals surface area contributed by atoms with E-state index in [4.69, 9.17) is 4.74 Å². The number of anilines is 1. The van der Waals surface area contributed by atoms with E-state index >= 15 is 0 Å². The molecule has 1 aromatic rings. The fourth-order valence-corrected chi connectivity index (χ4v) is 5.18. The van der Waals surface area contributed by atoms with Gasteiger partial charge in [-0.25, -0.2) is 4.79 Å².